The lowest BCUT2D eigenvalue weighted by Gasteiger charge is -2.20. The number of aromatic nitrogens is 1. The number of hydrogen-bond acceptors (Lipinski definition) is 5. The van der Waals surface area contributed by atoms with Crippen molar-refractivity contribution in [2.45, 2.75) is 32.7 Å². The normalized spacial score (nSPS) is 26.2. The van der Waals surface area contributed by atoms with E-state index in [1.807, 2.05) is 0 Å². The third-order valence-electron chi connectivity index (χ3n) is 4.08. The van der Waals surface area contributed by atoms with Crippen molar-refractivity contribution < 1.29 is 4.92 Å². The zero-order valence-corrected chi connectivity index (χ0v) is 11.5. The van der Waals surface area contributed by atoms with E-state index >= 15 is 0 Å². The van der Waals surface area contributed by atoms with Crippen LogP contribution in [-0.4, -0.2) is 23.0 Å². The zero-order valence-electron chi connectivity index (χ0n) is 11.5. The van der Waals surface area contributed by atoms with Crippen LogP contribution in [0.5, 0.6) is 0 Å². The van der Waals surface area contributed by atoms with Gasteiger partial charge in [0, 0.05) is 13.1 Å². The Hall–Kier alpha value is -1.85. The molecule has 1 aromatic heterocycles. The van der Waals surface area contributed by atoms with Gasteiger partial charge in [-0.05, 0) is 24.7 Å². The van der Waals surface area contributed by atoms with E-state index in [4.69, 9.17) is 0 Å². The highest BCUT2D eigenvalue weighted by atomic mass is 16.6. The van der Waals surface area contributed by atoms with Crippen LogP contribution in [0.2, 0.25) is 0 Å². The summed E-state index contributed by atoms with van der Waals surface area (Å²) in [6.07, 6.45) is 2.27. The third-order valence-corrected chi connectivity index (χ3v) is 4.08. The van der Waals surface area contributed by atoms with Crippen LogP contribution in [0.25, 0.3) is 0 Å². The minimum Gasteiger partial charge on any atom is -0.373 e. The molecular weight excluding hydrogens is 244 g/mol. The molecule has 1 fully saturated rings. The molecule has 0 bridgehead atoms. The molecule has 0 aliphatic heterocycles. The van der Waals surface area contributed by atoms with Crippen LogP contribution in [0.3, 0.4) is 0 Å². The topological polar surface area (TPSA) is 80.1 Å². The lowest BCUT2D eigenvalue weighted by Crippen LogP contribution is -2.24. The van der Waals surface area contributed by atoms with Gasteiger partial charge in [-0.3, -0.25) is 10.1 Å². The fourth-order valence-electron chi connectivity index (χ4n) is 2.58. The Balaban J connectivity index is 2.20. The van der Waals surface area contributed by atoms with E-state index in [2.05, 4.69) is 29.5 Å². The number of nitro groups is 1. The number of nitrogens with one attached hydrogen (secondary N) is 2. The van der Waals surface area contributed by atoms with Crippen LogP contribution in [0, 0.1) is 22.0 Å². The predicted molar refractivity (Wildman–Crippen MR) is 75.4 cm³/mol. The molecule has 1 heterocycles. The van der Waals surface area contributed by atoms with Crippen molar-refractivity contribution >= 4 is 17.3 Å². The number of pyridine rings is 1. The van der Waals surface area contributed by atoms with E-state index in [0.29, 0.717) is 29.5 Å². The molecular formula is C13H20N4O2. The van der Waals surface area contributed by atoms with Gasteiger partial charge in [0.2, 0.25) is 0 Å². The molecule has 0 amide bonds. The molecule has 1 saturated carbocycles. The quantitative estimate of drug-likeness (QED) is 0.645. The van der Waals surface area contributed by atoms with Gasteiger partial charge >= 0.3 is 0 Å². The fraction of sp³-hybridized carbons (Fsp3) is 0.615. The van der Waals surface area contributed by atoms with Crippen molar-refractivity contribution in [3.05, 3.63) is 22.2 Å². The first kappa shape index (κ1) is 13.6. The Morgan fingerprint density at radius 3 is 2.53 bits per heavy atom. The fourth-order valence-corrected chi connectivity index (χ4v) is 2.58. The second-order valence-electron chi connectivity index (χ2n) is 5.27. The van der Waals surface area contributed by atoms with Crippen molar-refractivity contribution in [3.8, 4) is 0 Å². The molecule has 3 unspecified atom stereocenters. The summed E-state index contributed by atoms with van der Waals surface area (Å²) < 4.78 is 0. The molecule has 3 atom stereocenters. The van der Waals surface area contributed by atoms with Crippen LogP contribution in [0.1, 0.15) is 26.7 Å². The molecule has 0 saturated heterocycles. The van der Waals surface area contributed by atoms with Crippen molar-refractivity contribution in [1.29, 1.82) is 0 Å². The highest BCUT2D eigenvalue weighted by Gasteiger charge is 2.30. The third kappa shape index (κ3) is 2.94. The van der Waals surface area contributed by atoms with E-state index < -0.39 is 4.92 Å². The van der Waals surface area contributed by atoms with Crippen LogP contribution < -0.4 is 10.6 Å². The first-order valence-electron chi connectivity index (χ1n) is 6.62. The summed E-state index contributed by atoms with van der Waals surface area (Å²) in [5, 5.41) is 17.1. The molecule has 1 aromatic rings. The number of nitrogens with zero attached hydrogens (tertiary/aromatic N) is 2. The predicted octanol–water partition coefficient (Wildman–Crippen LogP) is 2.88. The minimum atomic E-state index is -0.394. The molecule has 2 N–H and O–H groups in total. The van der Waals surface area contributed by atoms with Crippen molar-refractivity contribution in [2.24, 2.45) is 11.8 Å². The molecule has 6 heteroatoms. The molecule has 104 valence electrons. The standard InChI is InChI=1S/C13H20N4O2/c1-8-4-5-11(9(8)2)15-13-7-10(17(18)19)6-12(14-3)16-13/h6-9,11H,4-5H2,1-3H3,(H2,14,15,16). The van der Waals surface area contributed by atoms with E-state index in [1.54, 1.807) is 7.05 Å². The van der Waals surface area contributed by atoms with Gasteiger partial charge in [0.25, 0.3) is 5.69 Å². The summed E-state index contributed by atoms with van der Waals surface area (Å²) in [4.78, 5) is 14.8. The van der Waals surface area contributed by atoms with Crippen LogP contribution in [-0.2, 0) is 0 Å². The largest absolute Gasteiger partial charge is 0.373 e. The maximum Gasteiger partial charge on any atom is 0.276 e. The molecule has 19 heavy (non-hydrogen) atoms. The maximum absolute atomic E-state index is 10.9. The van der Waals surface area contributed by atoms with Crippen LogP contribution in [0.15, 0.2) is 12.1 Å². The van der Waals surface area contributed by atoms with Gasteiger partial charge in [-0.2, -0.15) is 0 Å². The summed E-state index contributed by atoms with van der Waals surface area (Å²) in [5.74, 6) is 2.32. The van der Waals surface area contributed by atoms with Gasteiger partial charge in [-0.25, -0.2) is 4.98 Å². The Morgan fingerprint density at radius 1 is 1.32 bits per heavy atom. The molecule has 1 aliphatic carbocycles. The van der Waals surface area contributed by atoms with Gasteiger partial charge in [0.1, 0.15) is 11.6 Å². The Bertz CT molecular complexity index is 478. The van der Waals surface area contributed by atoms with Crippen molar-refractivity contribution in [2.75, 3.05) is 17.7 Å². The lowest BCUT2D eigenvalue weighted by atomic mass is 9.98. The molecule has 2 rings (SSSR count). The van der Waals surface area contributed by atoms with Crippen LogP contribution in [0.4, 0.5) is 17.3 Å². The van der Waals surface area contributed by atoms with Gasteiger partial charge in [-0.15, -0.1) is 0 Å². The SMILES string of the molecule is CNc1cc([N+](=O)[O-])cc(NC2CCC(C)C2C)n1. The van der Waals surface area contributed by atoms with Gasteiger partial charge in [0.05, 0.1) is 17.1 Å². The molecule has 6 nitrogen and oxygen atoms in total. The molecule has 1 aliphatic rings. The highest BCUT2D eigenvalue weighted by molar-refractivity contribution is 5.54. The average molecular weight is 264 g/mol. The van der Waals surface area contributed by atoms with Crippen molar-refractivity contribution in [3.63, 3.8) is 0 Å². The van der Waals surface area contributed by atoms with Gasteiger partial charge < -0.3 is 10.6 Å². The molecule has 0 aromatic carbocycles. The second-order valence-corrected chi connectivity index (χ2v) is 5.27. The zero-order chi connectivity index (χ0) is 14.0. The Kier molecular flexibility index (Phi) is 3.87. The summed E-state index contributed by atoms with van der Waals surface area (Å²) in [6, 6.07) is 3.27. The van der Waals surface area contributed by atoms with E-state index in [9.17, 15) is 10.1 Å². The van der Waals surface area contributed by atoms with Gasteiger partial charge in [0.15, 0.2) is 0 Å². The summed E-state index contributed by atoms with van der Waals surface area (Å²) in [5.41, 5.74) is 0.0561. The Morgan fingerprint density at radius 2 is 2.00 bits per heavy atom. The van der Waals surface area contributed by atoms with E-state index in [-0.39, 0.29) is 5.69 Å². The molecule has 0 radical (unpaired) electrons. The highest BCUT2D eigenvalue weighted by Crippen LogP contribution is 2.33. The first-order valence-corrected chi connectivity index (χ1v) is 6.62. The smallest absolute Gasteiger partial charge is 0.276 e. The van der Waals surface area contributed by atoms with Gasteiger partial charge in [-0.1, -0.05) is 13.8 Å². The second kappa shape index (κ2) is 5.42. The van der Waals surface area contributed by atoms with E-state index in [1.165, 1.54) is 18.6 Å². The van der Waals surface area contributed by atoms with E-state index in [0.717, 1.165) is 6.42 Å². The Labute approximate surface area is 112 Å². The molecule has 0 spiro atoms. The van der Waals surface area contributed by atoms with Crippen LogP contribution >= 0.6 is 0 Å². The summed E-state index contributed by atoms with van der Waals surface area (Å²) >= 11 is 0. The first-order chi connectivity index (χ1) is 9.01. The summed E-state index contributed by atoms with van der Waals surface area (Å²) in [7, 11) is 1.70. The lowest BCUT2D eigenvalue weighted by molar-refractivity contribution is -0.384. The number of anilines is 2. The monoisotopic (exact) mass is 264 g/mol. The number of rotatable bonds is 4. The minimum absolute atomic E-state index is 0.0561. The summed E-state index contributed by atoms with van der Waals surface area (Å²) in [6.45, 7) is 4.46. The number of hydrogen-bond donors (Lipinski definition) is 2. The van der Waals surface area contributed by atoms with Crippen molar-refractivity contribution in [1.82, 2.24) is 4.98 Å². The average Bonchev–Trinajstić information content (AvgIpc) is 2.70. The maximum atomic E-state index is 10.9.